The Morgan fingerprint density at radius 2 is 2.29 bits per heavy atom. The van der Waals surface area contributed by atoms with Gasteiger partial charge in [0.2, 0.25) is 0 Å². The van der Waals surface area contributed by atoms with Gasteiger partial charge in [-0.05, 0) is 40.5 Å². The van der Waals surface area contributed by atoms with Crippen molar-refractivity contribution in [3.8, 4) is 0 Å². The highest BCUT2D eigenvalue weighted by Gasteiger charge is 2.08. The molecule has 2 aromatic rings. The molecule has 4 N–H and O–H groups in total. The number of nitrogens with zero attached hydrogens (tertiary/aromatic N) is 1. The lowest BCUT2D eigenvalue weighted by Gasteiger charge is -2.05. The maximum absolute atomic E-state index is 11.8. The van der Waals surface area contributed by atoms with E-state index in [0.717, 1.165) is 10.2 Å². The summed E-state index contributed by atoms with van der Waals surface area (Å²) in [5, 5.41) is 2.73. The van der Waals surface area contributed by atoms with E-state index in [4.69, 9.17) is 5.73 Å². The minimum Gasteiger partial charge on any atom is -0.397 e. The summed E-state index contributed by atoms with van der Waals surface area (Å²) in [5.74, 6) is -0.245. The van der Waals surface area contributed by atoms with Gasteiger partial charge in [0.1, 0.15) is 10.3 Å². The second-order valence-corrected chi connectivity index (χ2v) is 4.38. The van der Waals surface area contributed by atoms with Crippen LogP contribution in [-0.2, 0) is 0 Å². The van der Waals surface area contributed by atoms with E-state index in [-0.39, 0.29) is 5.91 Å². The molecule has 0 unspecified atom stereocenters. The Bertz CT molecular complexity index is 564. The average Bonchev–Trinajstić information content (AvgIpc) is 2.70. The number of pyridine rings is 1. The number of nitrogens with two attached hydrogens (primary N) is 1. The Balaban J connectivity index is 2.15. The molecule has 0 bridgehead atoms. The van der Waals surface area contributed by atoms with Gasteiger partial charge in [-0.1, -0.05) is 0 Å². The van der Waals surface area contributed by atoms with Crippen molar-refractivity contribution in [1.29, 1.82) is 0 Å². The molecule has 0 fully saturated rings. The second kappa shape index (κ2) is 4.58. The summed E-state index contributed by atoms with van der Waals surface area (Å²) in [6.07, 6.45) is 3.15. The summed E-state index contributed by atoms with van der Waals surface area (Å²) in [6.45, 7) is 1.90. The highest BCUT2D eigenvalue weighted by Crippen LogP contribution is 2.17. The van der Waals surface area contributed by atoms with Gasteiger partial charge in [-0.3, -0.25) is 4.79 Å². The van der Waals surface area contributed by atoms with Crippen molar-refractivity contribution in [2.45, 2.75) is 6.92 Å². The third-order valence-corrected chi connectivity index (χ3v) is 3.05. The summed E-state index contributed by atoms with van der Waals surface area (Å²) >= 11 is 3.30. The smallest absolute Gasteiger partial charge is 0.272 e. The SMILES string of the molecule is Cc1cc(NC(=O)c2cc(N)c[nH]2)cnc1Br. The lowest BCUT2D eigenvalue weighted by atomic mass is 10.3. The van der Waals surface area contributed by atoms with E-state index in [9.17, 15) is 4.79 Å². The number of amides is 1. The fourth-order valence-corrected chi connectivity index (χ4v) is 1.58. The third kappa shape index (κ3) is 2.65. The highest BCUT2D eigenvalue weighted by molar-refractivity contribution is 9.10. The van der Waals surface area contributed by atoms with Gasteiger partial charge >= 0.3 is 0 Å². The van der Waals surface area contributed by atoms with Gasteiger partial charge in [0.15, 0.2) is 0 Å². The van der Waals surface area contributed by atoms with Crippen LogP contribution in [0, 0.1) is 6.92 Å². The first-order valence-electron chi connectivity index (χ1n) is 4.93. The fraction of sp³-hybridized carbons (Fsp3) is 0.0909. The number of aromatic nitrogens is 2. The number of hydrogen-bond acceptors (Lipinski definition) is 3. The second-order valence-electron chi connectivity index (χ2n) is 3.63. The van der Waals surface area contributed by atoms with Crippen LogP contribution in [0.4, 0.5) is 11.4 Å². The molecule has 0 radical (unpaired) electrons. The van der Waals surface area contributed by atoms with Gasteiger partial charge in [0, 0.05) is 11.9 Å². The molecule has 0 aromatic carbocycles. The largest absolute Gasteiger partial charge is 0.397 e. The number of carbonyl (C=O) groups is 1. The molecule has 17 heavy (non-hydrogen) atoms. The standard InChI is InChI=1S/C11H11BrN4O/c1-6-2-8(5-15-10(6)12)16-11(17)9-3-7(13)4-14-9/h2-5,14H,13H2,1H3,(H,16,17). The lowest BCUT2D eigenvalue weighted by Crippen LogP contribution is -2.12. The Labute approximate surface area is 107 Å². The molecule has 0 saturated heterocycles. The van der Waals surface area contributed by atoms with E-state index < -0.39 is 0 Å². The monoisotopic (exact) mass is 294 g/mol. The Morgan fingerprint density at radius 3 is 2.88 bits per heavy atom. The number of carbonyl (C=O) groups excluding carboxylic acids is 1. The van der Waals surface area contributed by atoms with Crippen molar-refractivity contribution in [3.63, 3.8) is 0 Å². The number of rotatable bonds is 2. The van der Waals surface area contributed by atoms with Crippen molar-refractivity contribution in [2.24, 2.45) is 0 Å². The molecule has 6 heteroatoms. The van der Waals surface area contributed by atoms with Gasteiger partial charge in [-0.25, -0.2) is 4.98 Å². The fourth-order valence-electron chi connectivity index (χ4n) is 1.37. The number of anilines is 2. The summed E-state index contributed by atoms with van der Waals surface area (Å²) in [7, 11) is 0. The van der Waals surface area contributed by atoms with Crippen molar-refractivity contribution in [3.05, 3.63) is 40.4 Å². The number of nitrogens with one attached hydrogen (secondary N) is 2. The number of aromatic amines is 1. The molecule has 2 heterocycles. The zero-order valence-electron chi connectivity index (χ0n) is 9.12. The van der Waals surface area contributed by atoms with E-state index in [1.54, 1.807) is 18.5 Å². The van der Waals surface area contributed by atoms with Crippen LogP contribution in [0.1, 0.15) is 16.1 Å². The number of aryl methyl sites for hydroxylation is 1. The molecule has 0 spiro atoms. The number of nitrogen functional groups attached to an aromatic ring is 1. The first kappa shape index (κ1) is 11.7. The zero-order chi connectivity index (χ0) is 12.4. The van der Waals surface area contributed by atoms with Crippen LogP contribution in [0.25, 0.3) is 0 Å². The summed E-state index contributed by atoms with van der Waals surface area (Å²) < 4.78 is 0.764. The van der Waals surface area contributed by atoms with Crippen molar-refractivity contribution in [2.75, 3.05) is 11.1 Å². The van der Waals surface area contributed by atoms with Crippen LogP contribution in [0.2, 0.25) is 0 Å². The highest BCUT2D eigenvalue weighted by atomic mass is 79.9. The minimum absolute atomic E-state index is 0.245. The zero-order valence-corrected chi connectivity index (χ0v) is 10.7. The van der Waals surface area contributed by atoms with Gasteiger partial charge in [-0.15, -0.1) is 0 Å². The molecule has 0 saturated carbocycles. The van der Waals surface area contributed by atoms with Crippen LogP contribution in [-0.4, -0.2) is 15.9 Å². The van der Waals surface area contributed by atoms with Crippen LogP contribution >= 0.6 is 15.9 Å². The number of hydrogen-bond donors (Lipinski definition) is 3. The van der Waals surface area contributed by atoms with Crippen LogP contribution in [0.5, 0.6) is 0 Å². The normalized spacial score (nSPS) is 10.2. The van der Waals surface area contributed by atoms with Gasteiger partial charge in [0.05, 0.1) is 11.9 Å². The van der Waals surface area contributed by atoms with Crippen LogP contribution < -0.4 is 11.1 Å². The van der Waals surface area contributed by atoms with E-state index in [2.05, 4.69) is 31.2 Å². The van der Waals surface area contributed by atoms with Gasteiger partial charge in [-0.2, -0.15) is 0 Å². The third-order valence-electron chi connectivity index (χ3n) is 2.22. The molecule has 0 aliphatic carbocycles. The maximum atomic E-state index is 11.8. The minimum atomic E-state index is -0.245. The number of halogens is 1. The topological polar surface area (TPSA) is 83.8 Å². The van der Waals surface area contributed by atoms with E-state index in [0.29, 0.717) is 17.1 Å². The van der Waals surface area contributed by atoms with Gasteiger partial charge in [0.25, 0.3) is 5.91 Å². The maximum Gasteiger partial charge on any atom is 0.272 e. The predicted octanol–water partition coefficient (Wildman–Crippen LogP) is 2.32. The molecule has 2 rings (SSSR count). The van der Waals surface area contributed by atoms with E-state index >= 15 is 0 Å². The lowest BCUT2D eigenvalue weighted by molar-refractivity contribution is 0.102. The van der Waals surface area contributed by atoms with Crippen molar-refractivity contribution >= 4 is 33.2 Å². The van der Waals surface area contributed by atoms with Crippen LogP contribution in [0.15, 0.2) is 29.1 Å². The molecule has 0 atom stereocenters. The Kier molecular flexibility index (Phi) is 3.14. The summed E-state index contributed by atoms with van der Waals surface area (Å²) in [6, 6.07) is 3.41. The van der Waals surface area contributed by atoms with E-state index in [1.165, 1.54) is 0 Å². The molecule has 88 valence electrons. The van der Waals surface area contributed by atoms with Crippen LogP contribution in [0.3, 0.4) is 0 Å². The summed E-state index contributed by atoms with van der Waals surface area (Å²) in [4.78, 5) is 18.7. The Morgan fingerprint density at radius 1 is 1.53 bits per heavy atom. The number of H-pyrrole nitrogens is 1. The van der Waals surface area contributed by atoms with Gasteiger partial charge < -0.3 is 16.0 Å². The molecule has 0 aliphatic heterocycles. The van der Waals surface area contributed by atoms with E-state index in [1.807, 2.05) is 13.0 Å². The average molecular weight is 295 g/mol. The predicted molar refractivity (Wildman–Crippen MR) is 69.8 cm³/mol. The van der Waals surface area contributed by atoms with Crippen molar-refractivity contribution < 1.29 is 4.79 Å². The molecule has 2 aromatic heterocycles. The summed E-state index contributed by atoms with van der Waals surface area (Å²) in [5.41, 5.74) is 8.07. The Hall–Kier alpha value is -1.82. The first-order valence-corrected chi connectivity index (χ1v) is 5.73. The first-order chi connectivity index (χ1) is 8.06. The molecule has 1 amide bonds. The molecule has 0 aliphatic rings. The molecular weight excluding hydrogens is 284 g/mol. The molecular formula is C11H11BrN4O. The van der Waals surface area contributed by atoms with Crippen molar-refractivity contribution in [1.82, 2.24) is 9.97 Å². The molecule has 5 nitrogen and oxygen atoms in total. The quantitative estimate of drug-likeness (QED) is 0.743.